The molecule has 1 aromatic carbocycles. The maximum atomic E-state index is 13.8. The molecule has 1 saturated carbocycles. The minimum atomic E-state index is -0.289. The van der Waals surface area contributed by atoms with Crippen LogP contribution in [0.1, 0.15) is 70.3 Å². The van der Waals surface area contributed by atoms with E-state index in [4.69, 9.17) is 11.6 Å². The van der Waals surface area contributed by atoms with Gasteiger partial charge in [0.2, 0.25) is 0 Å². The van der Waals surface area contributed by atoms with Crippen molar-refractivity contribution in [2.45, 2.75) is 70.8 Å². The monoisotopic (exact) mass is 394 g/mol. The van der Waals surface area contributed by atoms with E-state index in [9.17, 15) is 4.39 Å². The predicted octanol–water partition coefficient (Wildman–Crippen LogP) is 5.85. The molecule has 27 heavy (non-hydrogen) atoms. The molecule has 0 radical (unpaired) electrons. The summed E-state index contributed by atoms with van der Waals surface area (Å²) in [4.78, 5) is 2.59. The second-order valence-corrected chi connectivity index (χ2v) is 9.40. The van der Waals surface area contributed by atoms with Gasteiger partial charge in [0.15, 0.2) is 0 Å². The second kappa shape index (κ2) is 10.2. The van der Waals surface area contributed by atoms with Gasteiger partial charge < -0.3 is 10.2 Å². The van der Waals surface area contributed by atoms with Gasteiger partial charge in [-0.3, -0.25) is 0 Å². The molecule has 0 amide bonds. The third-order valence-corrected chi connectivity index (χ3v) is 7.00. The molecule has 152 valence electrons. The van der Waals surface area contributed by atoms with Crippen LogP contribution in [0.15, 0.2) is 18.2 Å². The lowest BCUT2D eigenvalue weighted by molar-refractivity contribution is 0.175. The van der Waals surface area contributed by atoms with Crippen molar-refractivity contribution < 1.29 is 4.39 Å². The highest BCUT2D eigenvalue weighted by atomic mass is 35.5. The highest BCUT2D eigenvalue weighted by molar-refractivity contribution is 6.30. The molecule has 1 atom stereocenters. The van der Waals surface area contributed by atoms with E-state index >= 15 is 0 Å². The van der Waals surface area contributed by atoms with E-state index in [-0.39, 0.29) is 10.8 Å². The summed E-state index contributed by atoms with van der Waals surface area (Å²) >= 11 is 5.82. The van der Waals surface area contributed by atoms with Gasteiger partial charge in [-0.1, -0.05) is 57.2 Å². The fourth-order valence-corrected chi connectivity index (χ4v) is 4.89. The van der Waals surface area contributed by atoms with Gasteiger partial charge in [0.1, 0.15) is 5.82 Å². The lowest BCUT2D eigenvalue weighted by Crippen LogP contribution is -2.47. The summed E-state index contributed by atoms with van der Waals surface area (Å²) in [6, 6.07) is 5.88. The standard InChI is InChI=1S/C23H36ClFN2/c1-17(2)23(26-12-9-18-5-3-4-6-18)16-27-13-10-19(11-14-27)20-7-8-21(24)22(25)15-20/h7-8,15,17-19,23,26H,3-6,9-14,16H2,1-2H3/t23-/m0/s1. The van der Waals surface area contributed by atoms with Crippen molar-refractivity contribution >= 4 is 11.6 Å². The minimum absolute atomic E-state index is 0.222. The number of hydrogen-bond donors (Lipinski definition) is 1. The van der Waals surface area contributed by atoms with Crippen molar-refractivity contribution in [3.63, 3.8) is 0 Å². The predicted molar refractivity (Wildman–Crippen MR) is 113 cm³/mol. The normalized spacial score (nSPS) is 21.2. The Morgan fingerprint density at radius 3 is 2.48 bits per heavy atom. The Balaban J connectivity index is 1.43. The van der Waals surface area contributed by atoms with Crippen LogP contribution in [0.4, 0.5) is 4.39 Å². The fraction of sp³-hybridized carbons (Fsp3) is 0.739. The Morgan fingerprint density at radius 2 is 1.85 bits per heavy atom. The van der Waals surface area contributed by atoms with E-state index in [2.05, 4.69) is 24.1 Å². The Labute approximate surface area is 169 Å². The third-order valence-electron chi connectivity index (χ3n) is 6.70. The molecule has 2 nitrogen and oxygen atoms in total. The first-order valence-corrected chi connectivity index (χ1v) is 11.3. The van der Waals surface area contributed by atoms with E-state index in [1.54, 1.807) is 12.1 Å². The summed E-state index contributed by atoms with van der Waals surface area (Å²) < 4.78 is 13.8. The number of piperidine rings is 1. The van der Waals surface area contributed by atoms with Crippen LogP contribution in [0.3, 0.4) is 0 Å². The van der Waals surface area contributed by atoms with E-state index < -0.39 is 0 Å². The topological polar surface area (TPSA) is 15.3 Å². The van der Waals surface area contributed by atoms with Gasteiger partial charge in [-0.05, 0) is 74.3 Å². The largest absolute Gasteiger partial charge is 0.312 e. The lowest BCUT2D eigenvalue weighted by Gasteiger charge is -2.36. The summed E-state index contributed by atoms with van der Waals surface area (Å²) in [7, 11) is 0. The zero-order chi connectivity index (χ0) is 19.2. The van der Waals surface area contributed by atoms with Crippen LogP contribution in [0, 0.1) is 17.7 Å². The van der Waals surface area contributed by atoms with Crippen LogP contribution < -0.4 is 5.32 Å². The van der Waals surface area contributed by atoms with Crippen LogP contribution in [-0.2, 0) is 0 Å². The second-order valence-electron chi connectivity index (χ2n) is 8.99. The molecule has 4 heteroatoms. The van der Waals surface area contributed by atoms with Gasteiger partial charge in [0, 0.05) is 12.6 Å². The highest BCUT2D eigenvalue weighted by Crippen LogP contribution is 2.30. The first kappa shape index (κ1) is 21.1. The zero-order valence-electron chi connectivity index (χ0n) is 17.0. The molecule has 0 unspecified atom stereocenters. The summed E-state index contributed by atoms with van der Waals surface area (Å²) in [6.07, 6.45) is 9.30. The van der Waals surface area contributed by atoms with Crippen LogP contribution in [0.2, 0.25) is 5.02 Å². The lowest BCUT2D eigenvalue weighted by atomic mass is 9.89. The van der Waals surface area contributed by atoms with Gasteiger partial charge in [0.25, 0.3) is 0 Å². The molecular weight excluding hydrogens is 359 g/mol. The van der Waals surface area contributed by atoms with E-state index in [0.717, 1.165) is 50.5 Å². The number of rotatable bonds is 8. The van der Waals surface area contributed by atoms with E-state index in [1.165, 1.54) is 32.1 Å². The van der Waals surface area contributed by atoms with E-state index in [0.29, 0.717) is 17.9 Å². The molecule has 1 heterocycles. The Morgan fingerprint density at radius 1 is 1.15 bits per heavy atom. The highest BCUT2D eigenvalue weighted by Gasteiger charge is 2.24. The molecule has 0 spiro atoms. The molecule has 1 aliphatic heterocycles. The summed E-state index contributed by atoms with van der Waals surface area (Å²) in [5.74, 6) is 1.78. The third kappa shape index (κ3) is 6.17. The van der Waals surface area contributed by atoms with Crippen LogP contribution in [0.25, 0.3) is 0 Å². The Hall–Kier alpha value is -0.640. The molecule has 1 N–H and O–H groups in total. The molecule has 0 bridgehead atoms. The van der Waals surface area contributed by atoms with Gasteiger partial charge in [-0.2, -0.15) is 0 Å². The SMILES string of the molecule is CC(C)[C@H](CN1CCC(c2ccc(Cl)c(F)c2)CC1)NCCC1CCCC1. The average Bonchev–Trinajstić information content (AvgIpc) is 3.17. The number of nitrogens with zero attached hydrogens (tertiary/aromatic N) is 1. The summed E-state index contributed by atoms with van der Waals surface area (Å²) in [6.45, 7) is 9.15. The number of halogens is 2. The smallest absolute Gasteiger partial charge is 0.142 e. The number of nitrogens with one attached hydrogen (secondary N) is 1. The maximum absolute atomic E-state index is 13.8. The number of hydrogen-bond acceptors (Lipinski definition) is 2. The molecular formula is C23H36ClFN2. The molecule has 1 aliphatic carbocycles. The van der Waals surface area contributed by atoms with Crippen molar-refractivity contribution in [3.8, 4) is 0 Å². The van der Waals surface area contributed by atoms with Crippen molar-refractivity contribution in [1.82, 2.24) is 10.2 Å². The number of likely N-dealkylation sites (tertiary alicyclic amines) is 1. The Kier molecular flexibility index (Phi) is 7.98. The fourth-order valence-electron chi connectivity index (χ4n) is 4.78. The van der Waals surface area contributed by atoms with Crippen LogP contribution >= 0.6 is 11.6 Å². The van der Waals surface area contributed by atoms with Gasteiger partial charge in [-0.15, -0.1) is 0 Å². The van der Waals surface area contributed by atoms with Crippen molar-refractivity contribution in [1.29, 1.82) is 0 Å². The van der Waals surface area contributed by atoms with Crippen molar-refractivity contribution in [2.75, 3.05) is 26.2 Å². The van der Waals surface area contributed by atoms with Gasteiger partial charge in [-0.25, -0.2) is 4.39 Å². The maximum Gasteiger partial charge on any atom is 0.142 e. The molecule has 1 saturated heterocycles. The molecule has 2 aliphatic rings. The van der Waals surface area contributed by atoms with E-state index in [1.807, 2.05) is 6.07 Å². The molecule has 1 aromatic rings. The van der Waals surface area contributed by atoms with Crippen LogP contribution in [0.5, 0.6) is 0 Å². The Bertz CT molecular complexity index is 578. The molecule has 3 rings (SSSR count). The summed E-state index contributed by atoms with van der Waals surface area (Å²) in [5, 5.41) is 4.07. The average molecular weight is 395 g/mol. The van der Waals surface area contributed by atoms with Crippen molar-refractivity contribution in [2.24, 2.45) is 11.8 Å². The minimum Gasteiger partial charge on any atom is -0.312 e. The number of benzene rings is 1. The van der Waals surface area contributed by atoms with Crippen LogP contribution in [-0.4, -0.2) is 37.1 Å². The van der Waals surface area contributed by atoms with Gasteiger partial charge in [0.05, 0.1) is 5.02 Å². The summed E-state index contributed by atoms with van der Waals surface area (Å²) in [5.41, 5.74) is 1.10. The molecule has 0 aromatic heterocycles. The quantitative estimate of drug-likeness (QED) is 0.594. The zero-order valence-corrected chi connectivity index (χ0v) is 17.8. The first-order valence-electron chi connectivity index (χ1n) is 10.9. The van der Waals surface area contributed by atoms with Crippen molar-refractivity contribution in [3.05, 3.63) is 34.6 Å². The van der Waals surface area contributed by atoms with Gasteiger partial charge >= 0.3 is 0 Å². The first-order chi connectivity index (χ1) is 13.0. The molecule has 2 fully saturated rings.